The van der Waals surface area contributed by atoms with Crippen LogP contribution in [0.3, 0.4) is 0 Å². The summed E-state index contributed by atoms with van der Waals surface area (Å²) >= 11 is 0. The summed E-state index contributed by atoms with van der Waals surface area (Å²) in [6, 6.07) is 4.05. The molecule has 1 aliphatic heterocycles. The third-order valence-corrected chi connectivity index (χ3v) is 4.81. The van der Waals surface area contributed by atoms with Gasteiger partial charge in [-0.3, -0.25) is 5.32 Å². The van der Waals surface area contributed by atoms with Gasteiger partial charge < -0.3 is 19.5 Å². The molecule has 1 aliphatic rings. The van der Waals surface area contributed by atoms with Crippen LogP contribution in [0.4, 0.5) is 20.9 Å². The first kappa shape index (κ1) is 19.2. The van der Waals surface area contributed by atoms with Crippen molar-refractivity contribution in [3.8, 4) is 0 Å². The highest BCUT2D eigenvalue weighted by Crippen LogP contribution is 2.28. The molecule has 0 spiro atoms. The van der Waals surface area contributed by atoms with Gasteiger partial charge in [-0.05, 0) is 38.6 Å². The van der Waals surface area contributed by atoms with Crippen molar-refractivity contribution in [2.45, 2.75) is 26.8 Å². The quantitative estimate of drug-likeness (QED) is 0.840. The predicted molar refractivity (Wildman–Crippen MR) is 103 cm³/mol. The van der Waals surface area contributed by atoms with Gasteiger partial charge in [0, 0.05) is 37.4 Å². The lowest BCUT2D eigenvalue weighted by Gasteiger charge is -2.37. The molecule has 2 heterocycles. The Morgan fingerprint density at radius 3 is 2.70 bits per heavy atom. The normalized spacial score (nSPS) is 16.2. The number of piperazine rings is 1. The van der Waals surface area contributed by atoms with Crippen LogP contribution in [0.5, 0.6) is 0 Å². The number of carbonyl (C=O) groups excluding carboxylic acids is 1. The minimum Gasteiger partial charge on any atom is -0.429 e. The van der Waals surface area contributed by atoms with Crippen LogP contribution in [0.15, 0.2) is 28.8 Å². The number of anilines is 2. The molecule has 1 aromatic carbocycles. The molecular formula is C19H26FN5O2. The van der Waals surface area contributed by atoms with Crippen molar-refractivity contribution in [1.82, 2.24) is 15.2 Å². The third kappa shape index (κ3) is 4.77. The van der Waals surface area contributed by atoms with Crippen LogP contribution in [-0.4, -0.2) is 48.6 Å². The molecule has 3 rings (SSSR count). The predicted octanol–water partition coefficient (Wildman–Crippen LogP) is 3.15. The van der Waals surface area contributed by atoms with Crippen molar-refractivity contribution >= 4 is 17.7 Å². The fourth-order valence-electron chi connectivity index (χ4n) is 3.29. The molecule has 0 unspecified atom stereocenters. The molecule has 7 nitrogen and oxygen atoms in total. The summed E-state index contributed by atoms with van der Waals surface area (Å²) < 4.78 is 19.1. The number of hydrogen-bond acceptors (Lipinski definition) is 5. The van der Waals surface area contributed by atoms with Gasteiger partial charge in [-0.25, -0.2) is 14.2 Å². The van der Waals surface area contributed by atoms with E-state index in [2.05, 4.69) is 32.3 Å². The zero-order valence-electron chi connectivity index (χ0n) is 16.0. The van der Waals surface area contributed by atoms with Crippen LogP contribution in [0.25, 0.3) is 0 Å². The summed E-state index contributed by atoms with van der Waals surface area (Å²) in [5.41, 5.74) is 1.70. The summed E-state index contributed by atoms with van der Waals surface area (Å²) in [4.78, 5) is 20.8. The molecule has 1 fully saturated rings. The molecule has 1 atom stereocenters. The number of rotatable bonds is 5. The highest BCUT2D eigenvalue weighted by Gasteiger charge is 2.22. The van der Waals surface area contributed by atoms with E-state index in [0.717, 1.165) is 44.0 Å². The summed E-state index contributed by atoms with van der Waals surface area (Å²) in [5, 5.41) is 5.38. The summed E-state index contributed by atoms with van der Waals surface area (Å²) in [7, 11) is 0. The van der Waals surface area contributed by atoms with Crippen molar-refractivity contribution < 1.29 is 13.6 Å². The average molecular weight is 375 g/mol. The second-order valence-electron chi connectivity index (χ2n) is 6.72. The van der Waals surface area contributed by atoms with Gasteiger partial charge in [0.1, 0.15) is 11.6 Å². The number of aryl methyl sites for hydroxylation is 1. The van der Waals surface area contributed by atoms with E-state index in [1.54, 1.807) is 13.0 Å². The number of amides is 2. The molecule has 0 bridgehead atoms. The van der Waals surface area contributed by atoms with E-state index in [-0.39, 0.29) is 17.9 Å². The van der Waals surface area contributed by atoms with E-state index in [1.165, 1.54) is 18.3 Å². The molecule has 146 valence electrons. The van der Waals surface area contributed by atoms with Gasteiger partial charge in [0.15, 0.2) is 0 Å². The number of benzene rings is 1. The first-order valence-corrected chi connectivity index (χ1v) is 9.23. The Morgan fingerprint density at radius 2 is 2.07 bits per heavy atom. The minimum atomic E-state index is -0.449. The second-order valence-corrected chi connectivity index (χ2v) is 6.72. The number of nitrogens with one attached hydrogen (secondary N) is 2. The standard InChI is InChI=1S/C19H26FN5O2/c1-4-24-7-9-25(10-8-24)17-6-5-15(20)11-16(17)14(3)22-18(26)23-19-21-12-13(2)27-19/h5-6,11-12,14H,4,7-10H2,1-3H3,(H2,21,22,23,26)/t14-/m1/s1. The molecule has 0 saturated carbocycles. The number of hydrogen-bond donors (Lipinski definition) is 2. The van der Waals surface area contributed by atoms with Crippen molar-refractivity contribution in [1.29, 1.82) is 0 Å². The number of urea groups is 1. The maximum absolute atomic E-state index is 13.9. The summed E-state index contributed by atoms with van der Waals surface area (Å²) in [6.45, 7) is 10.5. The highest BCUT2D eigenvalue weighted by molar-refractivity contribution is 5.87. The Labute approximate surface area is 158 Å². The van der Waals surface area contributed by atoms with Gasteiger partial charge in [0.25, 0.3) is 0 Å². The van der Waals surface area contributed by atoms with Crippen LogP contribution < -0.4 is 15.5 Å². The van der Waals surface area contributed by atoms with Crippen LogP contribution in [0.1, 0.15) is 31.2 Å². The number of likely N-dealkylation sites (N-methyl/N-ethyl adjacent to an activating group) is 1. The number of oxazole rings is 1. The molecule has 2 N–H and O–H groups in total. The smallest absolute Gasteiger partial charge is 0.323 e. The number of nitrogens with zero attached hydrogens (tertiary/aromatic N) is 3. The maximum atomic E-state index is 13.9. The van der Waals surface area contributed by atoms with Gasteiger partial charge in [0.2, 0.25) is 0 Å². The van der Waals surface area contributed by atoms with Crippen LogP contribution in [-0.2, 0) is 0 Å². The highest BCUT2D eigenvalue weighted by atomic mass is 19.1. The largest absolute Gasteiger partial charge is 0.429 e. The Hall–Kier alpha value is -2.61. The lowest BCUT2D eigenvalue weighted by molar-refractivity contribution is 0.248. The summed E-state index contributed by atoms with van der Waals surface area (Å²) in [6.07, 6.45) is 1.53. The number of carbonyl (C=O) groups is 1. The molecule has 2 amide bonds. The molecular weight excluding hydrogens is 349 g/mol. The number of halogens is 1. The fourth-order valence-corrected chi connectivity index (χ4v) is 3.29. The minimum absolute atomic E-state index is 0.132. The second kappa shape index (κ2) is 8.39. The lowest BCUT2D eigenvalue weighted by atomic mass is 10.0. The van der Waals surface area contributed by atoms with E-state index in [4.69, 9.17) is 4.42 Å². The Morgan fingerprint density at radius 1 is 1.33 bits per heavy atom. The zero-order chi connectivity index (χ0) is 19.4. The molecule has 8 heteroatoms. The van der Waals surface area contributed by atoms with Gasteiger partial charge in [0.05, 0.1) is 12.2 Å². The van der Waals surface area contributed by atoms with Crippen LogP contribution in [0.2, 0.25) is 0 Å². The maximum Gasteiger partial charge on any atom is 0.323 e. The van der Waals surface area contributed by atoms with Crippen molar-refractivity contribution in [3.05, 3.63) is 41.5 Å². The molecule has 0 aliphatic carbocycles. The summed E-state index contributed by atoms with van der Waals surface area (Å²) in [5.74, 6) is 0.287. The van der Waals surface area contributed by atoms with Crippen LogP contribution >= 0.6 is 0 Å². The fraction of sp³-hybridized carbons (Fsp3) is 0.474. The average Bonchev–Trinajstić information content (AvgIpc) is 3.06. The van der Waals surface area contributed by atoms with E-state index in [1.807, 2.05) is 6.92 Å². The van der Waals surface area contributed by atoms with Crippen LogP contribution in [0, 0.1) is 12.7 Å². The SMILES string of the molecule is CCN1CCN(c2ccc(F)cc2[C@@H](C)NC(=O)Nc2ncc(C)o2)CC1. The van der Waals surface area contributed by atoms with Crippen molar-refractivity contribution in [3.63, 3.8) is 0 Å². The van der Waals surface area contributed by atoms with Crippen molar-refractivity contribution in [2.75, 3.05) is 42.9 Å². The third-order valence-electron chi connectivity index (χ3n) is 4.81. The van der Waals surface area contributed by atoms with E-state index < -0.39 is 6.03 Å². The first-order chi connectivity index (χ1) is 13.0. The van der Waals surface area contributed by atoms with Gasteiger partial charge >= 0.3 is 12.0 Å². The Bertz CT molecular complexity index is 786. The Balaban J connectivity index is 1.70. The number of aromatic nitrogens is 1. The van der Waals surface area contributed by atoms with E-state index in [0.29, 0.717) is 5.76 Å². The topological polar surface area (TPSA) is 73.6 Å². The van der Waals surface area contributed by atoms with E-state index >= 15 is 0 Å². The van der Waals surface area contributed by atoms with E-state index in [9.17, 15) is 9.18 Å². The molecule has 1 aromatic heterocycles. The van der Waals surface area contributed by atoms with Gasteiger partial charge in [-0.15, -0.1) is 0 Å². The molecule has 0 radical (unpaired) electrons. The molecule has 1 saturated heterocycles. The molecule has 2 aromatic rings. The van der Waals surface area contributed by atoms with Crippen molar-refractivity contribution in [2.24, 2.45) is 0 Å². The zero-order valence-corrected chi connectivity index (χ0v) is 16.0. The van der Waals surface area contributed by atoms with Gasteiger partial charge in [-0.2, -0.15) is 0 Å². The lowest BCUT2D eigenvalue weighted by Crippen LogP contribution is -2.46. The Kier molecular flexibility index (Phi) is 5.95. The van der Waals surface area contributed by atoms with Gasteiger partial charge in [-0.1, -0.05) is 6.92 Å². The first-order valence-electron chi connectivity index (χ1n) is 9.23. The monoisotopic (exact) mass is 375 g/mol. The molecule has 27 heavy (non-hydrogen) atoms.